The minimum atomic E-state index is -2.11. The van der Waals surface area contributed by atoms with Gasteiger partial charge in [0.25, 0.3) is 0 Å². The van der Waals surface area contributed by atoms with E-state index in [0.717, 1.165) is 27.7 Å². The number of pyridine rings is 1. The number of hydrogen-bond donors (Lipinski definition) is 0. The van der Waals surface area contributed by atoms with Crippen LogP contribution in [-0.4, -0.2) is 94.9 Å². The van der Waals surface area contributed by atoms with Gasteiger partial charge in [-0.2, -0.15) is 4.89 Å². The molecule has 16 nitrogen and oxygen atoms in total. The lowest BCUT2D eigenvalue weighted by atomic mass is 9.70. The van der Waals surface area contributed by atoms with Crippen molar-refractivity contribution in [2.75, 3.05) is 0 Å². The van der Waals surface area contributed by atoms with Crippen molar-refractivity contribution in [3.63, 3.8) is 0 Å². The highest BCUT2D eigenvalue weighted by molar-refractivity contribution is 5.93. The number of Topliss-reactive ketones (excluding diaryl/α,β-unsaturated/α-hetero) is 1. The molecule has 2 heterocycles. The number of hydrogen-bond acceptors (Lipinski definition) is 16. The molecular weight excluding hydrogens is 746 g/mol. The van der Waals surface area contributed by atoms with Crippen LogP contribution in [0.15, 0.2) is 67.0 Å². The van der Waals surface area contributed by atoms with Crippen LogP contribution in [0.5, 0.6) is 0 Å². The Bertz CT molecular complexity index is 1900. The van der Waals surface area contributed by atoms with Gasteiger partial charge in [0.15, 0.2) is 29.7 Å². The first-order chi connectivity index (χ1) is 26.8. The minimum absolute atomic E-state index is 0.00519. The zero-order valence-electron chi connectivity index (χ0n) is 33.0. The molecule has 0 amide bonds. The largest absolute Gasteiger partial charge is 0.462 e. The normalized spacial score (nSPS) is 31.8. The van der Waals surface area contributed by atoms with Crippen molar-refractivity contribution < 1.29 is 71.8 Å². The second-order valence-electron chi connectivity index (χ2n) is 15.3. The summed E-state index contributed by atoms with van der Waals surface area (Å²) in [6.45, 7) is 15.1. The molecule has 16 heteroatoms. The number of ether oxygens (including phenoxy) is 6. The number of nitrogens with zero attached hydrogens (tertiary/aromatic N) is 1. The summed E-state index contributed by atoms with van der Waals surface area (Å²) in [6.07, 6.45) is -7.40. The molecular formula is C41H47NO15. The molecule has 306 valence electrons. The Labute approximate surface area is 329 Å². The van der Waals surface area contributed by atoms with Gasteiger partial charge >= 0.3 is 35.8 Å². The fraction of sp³-hybridized carbons (Fsp3) is 0.512. The maximum Gasteiger partial charge on any atom is 0.374 e. The molecule has 1 aromatic carbocycles. The minimum Gasteiger partial charge on any atom is -0.462 e. The van der Waals surface area contributed by atoms with Crippen molar-refractivity contribution in [1.82, 2.24) is 4.98 Å². The number of aromatic nitrogens is 1. The van der Waals surface area contributed by atoms with E-state index in [0.29, 0.717) is 0 Å². The third-order valence-electron chi connectivity index (χ3n) is 10.6. The molecule has 0 spiro atoms. The lowest BCUT2D eigenvalue weighted by Crippen LogP contribution is -2.60. The van der Waals surface area contributed by atoms with Gasteiger partial charge in [-0.15, -0.1) is 0 Å². The predicted octanol–water partition coefficient (Wildman–Crippen LogP) is 4.09. The van der Waals surface area contributed by atoms with E-state index < -0.39 is 113 Å². The topological polar surface area (TPSA) is 210 Å². The molecule has 2 aliphatic carbocycles. The Morgan fingerprint density at radius 3 is 1.96 bits per heavy atom. The molecule has 3 aliphatic rings. The van der Waals surface area contributed by atoms with Crippen molar-refractivity contribution in [2.24, 2.45) is 23.2 Å². The van der Waals surface area contributed by atoms with Crippen LogP contribution in [0.4, 0.5) is 0 Å². The Morgan fingerprint density at radius 1 is 0.772 bits per heavy atom. The third kappa shape index (κ3) is 8.91. The summed E-state index contributed by atoms with van der Waals surface area (Å²) in [6, 6.07) is 10.7. The maximum absolute atomic E-state index is 15.0. The lowest BCUT2D eigenvalue weighted by molar-refractivity contribution is -0.321. The van der Waals surface area contributed by atoms with Crippen molar-refractivity contribution in [3.05, 3.63) is 78.1 Å². The summed E-state index contributed by atoms with van der Waals surface area (Å²) in [7, 11) is 0. The van der Waals surface area contributed by atoms with Gasteiger partial charge in [0, 0.05) is 63.4 Å². The first-order valence-corrected chi connectivity index (χ1v) is 18.4. The summed E-state index contributed by atoms with van der Waals surface area (Å²) < 4.78 is 36.0. The molecule has 2 aromatic rings. The zero-order valence-corrected chi connectivity index (χ0v) is 33.0. The van der Waals surface area contributed by atoms with Crippen LogP contribution in [0.25, 0.3) is 0 Å². The number of carbonyl (C=O) groups excluding carboxylic acids is 7. The monoisotopic (exact) mass is 793 g/mol. The molecule has 1 saturated heterocycles. The van der Waals surface area contributed by atoms with E-state index in [1.165, 1.54) is 36.7 Å². The van der Waals surface area contributed by atoms with E-state index >= 15 is 4.79 Å². The molecule has 0 bridgehead atoms. The van der Waals surface area contributed by atoms with Crippen molar-refractivity contribution >= 4 is 41.6 Å². The van der Waals surface area contributed by atoms with Gasteiger partial charge in [0.2, 0.25) is 0 Å². The Kier molecular flexibility index (Phi) is 12.7. The van der Waals surface area contributed by atoms with Gasteiger partial charge in [-0.25, -0.2) is 9.59 Å². The van der Waals surface area contributed by atoms with E-state index in [4.69, 9.17) is 38.2 Å². The number of rotatable bonds is 9. The Balaban J connectivity index is 1.78. The molecule has 5 rings (SSSR count). The standard InChI is InChI=1S/C41H47NO15/c1-20-18-41(55-26(7)46)29(30(20)50-23(4)43)31(51-24(5)44)21(2)32(52-25(6)45)34(54-38(48)27-14-11-10-12-15-27)37(56-57-39(49)28-16-13-17-42-19-28)40(8,9)36-33(53-36)22(3)35(41)47/h10-17,19-20,22,29-34,36-37H,2,18H2,1,3-9H3/t20-,22-,29-,30+,31+,32+,33+,34-,36+,37-,41+/m1/s1. The second kappa shape index (κ2) is 16.9. The van der Waals surface area contributed by atoms with Gasteiger partial charge in [0.05, 0.1) is 29.3 Å². The molecule has 11 atom stereocenters. The highest BCUT2D eigenvalue weighted by Gasteiger charge is 2.69. The highest BCUT2D eigenvalue weighted by atomic mass is 17.2. The molecule has 0 radical (unpaired) electrons. The van der Waals surface area contributed by atoms with Crippen molar-refractivity contribution in [2.45, 2.75) is 110 Å². The highest BCUT2D eigenvalue weighted by Crippen LogP contribution is 2.54. The molecule has 0 N–H and O–H groups in total. The van der Waals surface area contributed by atoms with E-state index in [1.54, 1.807) is 45.9 Å². The first-order valence-electron chi connectivity index (χ1n) is 18.4. The number of epoxide rings is 1. The summed E-state index contributed by atoms with van der Waals surface area (Å²) in [5.74, 6) is -9.18. The number of ketones is 1. The first kappa shape index (κ1) is 42.7. The predicted molar refractivity (Wildman–Crippen MR) is 194 cm³/mol. The second-order valence-corrected chi connectivity index (χ2v) is 15.3. The van der Waals surface area contributed by atoms with E-state index in [-0.39, 0.29) is 23.1 Å². The van der Waals surface area contributed by atoms with E-state index in [2.05, 4.69) is 11.6 Å². The average Bonchev–Trinajstić information content (AvgIpc) is 3.92. The van der Waals surface area contributed by atoms with Crippen LogP contribution in [0.1, 0.15) is 82.5 Å². The molecule has 57 heavy (non-hydrogen) atoms. The molecule has 1 aliphatic heterocycles. The molecule has 2 saturated carbocycles. The average molecular weight is 794 g/mol. The summed E-state index contributed by atoms with van der Waals surface area (Å²) in [4.78, 5) is 109. The number of carbonyl (C=O) groups is 7. The van der Waals surface area contributed by atoms with Gasteiger partial charge < -0.3 is 28.4 Å². The summed E-state index contributed by atoms with van der Waals surface area (Å²) in [5.41, 5.74) is -3.69. The molecule has 0 unspecified atom stereocenters. The smallest absolute Gasteiger partial charge is 0.374 e. The van der Waals surface area contributed by atoms with E-state index in [9.17, 15) is 28.8 Å². The SMILES string of the molecule is C=C1[C@H](OC(C)=O)[C@@H](OC(=O)c2ccccc2)[C@@H](OOC(=O)c2cccnc2)C(C)(C)[C@H]2O[C@H]2[C@@H](C)C(=O)[C@]2(OC(C)=O)C[C@@H](C)[C@H](OC(C)=O)[C@@H]2[C@H]1OC(C)=O. The Hall–Kier alpha value is -5.48. The number of fused-ring (bicyclic) bond motifs is 2. The lowest BCUT2D eigenvalue weighted by Gasteiger charge is -2.44. The van der Waals surface area contributed by atoms with Crippen LogP contribution in [0.2, 0.25) is 0 Å². The summed E-state index contributed by atoms with van der Waals surface area (Å²) in [5, 5.41) is 0. The maximum atomic E-state index is 15.0. The zero-order chi connectivity index (χ0) is 42.0. The quantitative estimate of drug-likeness (QED) is 0.0874. The fourth-order valence-corrected chi connectivity index (χ4v) is 8.16. The van der Waals surface area contributed by atoms with Gasteiger partial charge in [-0.1, -0.05) is 52.5 Å². The van der Waals surface area contributed by atoms with Crippen LogP contribution in [0, 0.1) is 23.2 Å². The van der Waals surface area contributed by atoms with Crippen LogP contribution >= 0.6 is 0 Å². The van der Waals surface area contributed by atoms with E-state index in [1.807, 2.05) is 0 Å². The number of esters is 5. The van der Waals surface area contributed by atoms with Crippen LogP contribution in [0.3, 0.4) is 0 Å². The van der Waals surface area contributed by atoms with Crippen LogP contribution < -0.4 is 0 Å². The van der Waals surface area contributed by atoms with Crippen molar-refractivity contribution in [3.8, 4) is 0 Å². The fourth-order valence-electron chi connectivity index (χ4n) is 8.16. The van der Waals surface area contributed by atoms with Gasteiger partial charge in [-0.05, 0) is 30.2 Å². The molecule has 1 aromatic heterocycles. The van der Waals surface area contributed by atoms with Crippen LogP contribution in [-0.2, 0) is 62.2 Å². The van der Waals surface area contributed by atoms with Gasteiger partial charge in [-0.3, -0.25) is 33.8 Å². The van der Waals surface area contributed by atoms with Crippen molar-refractivity contribution in [1.29, 1.82) is 0 Å². The van der Waals surface area contributed by atoms with Gasteiger partial charge in [0.1, 0.15) is 12.2 Å². The molecule has 3 fully saturated rings. The summed E-state index contributed by atoms with van der Waals surface area (Å²) >= 11 is 0. The Morgan fingerprint density at radius 2 is 1.39 bits per heavy atom. The number of benzene rings is 1. The third-order valence-corrected chi connectivity index (χ3v) is 10.6.